The van der Waals surface area contributed by atoms with Crippen molar-refractivity contribution in [3.8, 4) is 16.2 Å². The van der Waals surface area contributed by atoms with E-state index in [1.165, 1.54) is 0 Å². The maximum atomic E-state index is 11.1. The molecule has 3 heterocycles. The van der Waals surface area contributed by atoms with Gasteiger partial charge in [-0.05, 0) is 41.5 Å². The standard InChI is InChI=1S/C20H16ClN3O2S/c1-26-17-3-2-13(10-15(17)21)19(25)14-11-18(12-4-7-22-8-5-12)27-20(14)16-6-9-23-24-16/h2-5,7-11,19,25H,6H2,1H3. The first-order chi connectivity index (χ1) is 13.2. The van der Waals surface area contributed by atoms with Gasteiger partial charge in [-0.2, -0.15) is 10.2 Å². The highest BCUT2D eigenvalue weighted by atomic mass is 35.5. The van der Waals surface area contributed by atoms with Gasteiger partial charge in [-0.3, -0.25) is 4.98 Å². The highest BCUT2D eigenvalue weighted by Gasteiger charge is 2.23. The fraction of sp³-hybridized carbons (Fsp3) is 0.150. The lowest BCUT2D eigenvalue weighted by molar-refractivity contribution is 0.220. The normalized spacial score (nSPS) is 14.3. The summed E-state index contributed by atoms with van der Waals surface area (Å²) in [6.45, 7) is 0. The maximum Gasteiger partial charge on any atom is 0.137 e. The van der Waals surface area contributed by atoms with Crippen LogP contribution in [0.3, 0.4) is 0 Å². The molecule has 2 aromatic heterocycles. The summed E-state index contributed by atoms with van der Waals surface area (Å²) in [6, 6.07) is 11.2. The SMILES string of the molecule is COc1ccc(C(O)c2cc(-c3ccncc3)sc2C2=NN=CC2)cc1Cl. The van der Waals surface area contributed by atoms with Crippen LogP contribution in [0.5, 0.6) is 5.75 Å². The summed E-state index contributed by atoms with van der Waals surface area (Å²) in [5.41, 5.74) is 3.38. The Kier molecular flexibility index (Phi) is 5.03. The lowest BCUT2D eigenvalue weighted by Crippen LogP contribution is -2.05. The lowest BCUT2D eigenvalue weighted by Gasteiger charge is -2.13. The highest BCUT2D eigenvalue weighted by molar-refractivity contribution is 7.17. The average molecular weight is 398 g/mol. The Hall–Kier alpha value is -2.54. The molecule has 136 valence electrons. The van der Waals surface area contributed by atoms with Crippen LogP contribution >= 0.6 is 22.9 Å². The van der Waals surface area contributed by atoms with Gasteiger partial charge in [0, 0.05) is 35.5 Å². The van der Waals surface area contributed by atoms with Crippen LogP contribution in [0.2, 0.25) is 5.02 Å². The molecule has 7 heteroatoms. The van der Waals surface area contributed by atoms with Crippen molar-refractivity contribution in [1.82, 2.24) is 4.98 Å². The number of hydrogen-bond acceptors (Lipinski definition) is 6. The van der Waals surface area contributed by atoms with Gasteiger partial charge in [0.15, 0.2) is 0 Å². The van der Waals surface area contributed by atoms with Gasteiger partial charge in [0.2, 0.25) is 0 Å². The van der Waals surface area contributed by atoms with Crippen molar-refractivity contribution in [2.45, 2.75) is 12.5 Å². The zero-order valence-electron chi connectivity index (χ0n) is 14.5. The third kappa shape index (κ3) is 3.51. The van der Waals surface area contributed by atoms with E-state index in [4.69, 9.17) is 16.3 Å². The Balaban J connectivity index is 1.78. The number of nitrogens with zero attached hydrogens (tertiary/aromatic N) is 3. The van der Waals surface area contributed by atoms with Crippen LogP contribution in [0.25, 0.3) is 10.4 Å². The van der Waals surface area contributed by atoms with Gasteiger partial charge in [0.25, 0.3) is 0 Å². The molecule has 27 heavy (non-hydrogen) atoms. The monoisotopic (exact) mass is 397 g/mol. The molecule has 0 aliphatic carbocycles. The zero-order chi connectivity index (χ0) is 18.8. The molecule has 1 atom stereocenters. The van der Waals surface area contributed by atoms with Crippen LogP contribution in [-0.2, 0) is 0 Å². The maximum absolute atomic E-state index is 11.1. The number of benzene rings is 1. The van der Waals surface area contributed by atoms with Crippen molar-refractivity contribution in [3.63, 3.8) is 0 Å². The summed E-state index contributed by atoms with van der Waals surface area (Å²) in [4.78, 5) is 6.04. The number of ether oxygens (including phenoxy) is 1. The number of aliphatic hydroxyl groups excluding tert-OH is 1. The van der Waals surface area contributed by atoms with Crippen molar-refractivity contribution in [2.75, 3.05) is 7.11 Å². The molecule has 1 aliphatic heterocycles. The fourth-order valence-electron chi connectivity index (χ4n) is 2.94. The predicted molar refractivity (Wildman–Crippen MR) is 109 cm³/mol. The van der Waals surface area contributed by atoms with E-state index < -0.39 is 6.10 Å². The molecule has 0 saturated carbocycles. The second-order valence-electron chi connectivity index (χ2n) is 5.98. The number of rotatable bonds is 5. The van der Waals surface area contributed by atoms with Gasteiger partial charge >= 0.3 is 0 Å². The Bertz CT molecular complexity index is 1030. The topological polar surface area (TPSA) is 67.1 Å². The molecule has 3 aromatic rings. The summed E-state index contributed by atoms with van der Waals surface area (Å²) in [5.74, 6) is 0.573. The molecule has 1 aliphatic rings. The molecule has 0 spiro atoms. The summed E-state index contributed by atoms with van der Waals surface area (Å²) in [5, 5.41) is 19.7. The van der Waals surface area contributed by atoms with Crippen LogP contribution in [0.1, 0.15) is 28.5 Å². The summed E-state index contributed by atoms with van der Waals surface area (Å²) in [6.07, 6.45) is 5.09. The molecule has 0 fully saturated rings. The van der Waals surface area contributed by atoms with Gasteiger partial charge in [0.05, 0.1) is 22.7 Å². The number of aromatic nitrogens is 1. The minimum Gasteiger partial charge on any atom is -0.495 e. The van der Waals surface area contributed by atoms with E-state index in [-0.39, 0.29) is 0 Å². The second-order valence-corrected chi connectivity index (χ2v) is 7.44. The number of methoxy groups -OCH3 is 1. The molecule has 1 unspecified atom stereocenters. The first-order valence-electron chi connectivity index (χ1n) is 8.31. The number of hydrogen-bond donors (Lipinski definition) is 1. The van der Waals surface area contributed by atoms with E-state index in [9.17, 15) is 5.11 Å². The van der Waals surface area contributed by atoms with Crippen molar-refractivity contribution < 1.29 is 9.84 Å². The Morgan fingerprint density at radius 3 is 2.67 bits per heavy atom. The lowest BCUT2D eigenvalue weighted by atomic mass is 9.99. The molecule has 0 amide bonds. The summed E-state index contributed by atoms with van der Waals surface area (Å²) >= 11 is 7.83. The quantitative estimate of drug-likeness (QED) is 0.676. The van der Waals surface area contributed by atoms with Crippen molar-refractivity contribution >= 4 is 34.9 Å². The van der Waals surface area contributed by atoms with Gasteiger partial charge in [-0.25, -0.2) is 0 Å². The largest absolute Gasteiger partial charge is 0.495 e. The van der Waals surface area contributed by atoms with E-state index in [0.717, 1.165) is 26.6 Å². The van der Waals surface area contributed by atoms with E-state index >= 15 is 0 Å². The molecule has 0 bridgehead atoms. The van der Waals surface area contributed by atoms with E-state index in [1.807, 2.05) is 24.3 Å². The van der Waals surface area contributed by atoms with Crippen LogP contribution in [0, 0.1) is 0 Å². The Morgan fingerprint density at radius 1 is 1.19 bits per heavy atom. The van der Waals surface area contributed by atoms with Crippen molar-refractivity contribution in [3.05, 3.63) is 69.8 Å². The average Bonchev–Trinajstić information content (AvgIpc) is 3.37. The molecular formula is C20H16ClN3O2S. The van der Waals surface area contributed by atoms with Gasteiger partial charge in [-0.15, -0.1) is 11.3 Å². The highest BCUT2D eigenvalue weighted by Crippen LogP contribution is 2.39. The fourth-order valence-corrected chi connectivity index (χ4v) is 4.40. The third-order valence-electron chi connectivity index (χ3n) is 4.32. The van der Waals surface area contributed by atoms with Crippen LogP contribution < -0.4 is 4.74 Å². The number of pyridine rings is 1. The van der Waals surface area contributed by atoms with Crippen LogP contribution in [-0.4, -0.2) is 29.1 Å². The van der Waals surface area contributed by atoms with Crippen molar-refractivity contribution in [2.24, 2.45) is 10.2 Å². The predicted octanol–water partition coefficient (Wildman–Crippen LogP) is 4.73. The van der Waals surface area contributed by atoms with E-state index in [0.29, 0.717) is 22.8 Å². The molecule has 1 aromatic carbocycles. The minimum absolute atomic E-state index is 0.460. The van der Waals surface area contributed by atoms with Crippen molar-refractivity contribution in [1.29, 1.82) is 0 Å². The van der Waals surface area contributed by atoms with Crippen LogP contribution in [0.4, 0.5) is 0 Å². The number of aliphatic hydroxyl groups is 1. The summed E-state index contributed by atoms with van der Waals surface area (Å²) < 4.78 is 5.20. The van der Waals surface area contributed by atoms with Crippen LogP contribution in [0.15, 0.2) is 59.0 Å². The van der Waals surface area contributed by atoms with E-state index in [2.05, 4.69) is 15.2 Å². The van der Waals surface area contributed by atoms with Gasteiger partial charge in [0.1, 0.15) is 11.9 Å². The number of halogens is 1. The first kappa shape index (κ1) is 17.9. The van der Waals surface area contributed by atoms with Gasteiger partial charge in [-0.1, -0.05) is 17.7 Å². The zero-order valence-corrected chi connectivity index (χ0v) is 16.0. The number of thiophene rings is 1. The second kappa shape index (κ2) is 7.60. The smallest absolute Gasteiger partial charge is 0.137 e. The molecule has 0 saturated heterocycles. The third-order valence-corrected chi connectivity index (χ3v) is 5.86. The summed E-state index contributed by atoms with van der Waals surface area (Å²) in [7, 11) is 1.56. The molecule has 1 N–H and O–H groups in total. The molecule has 4 rings (SSSR count). The molecule has 5 nitrogen and oxygen atoms in total. The molecular weight excluding hydrogens is 382 g/mol. The Labute approximate surface area is 165 Å². The Morgan fingerprint density at radius 2 is 2.00 bits per heavy atom. The molecule has 0 radical (unpaired) electrons. The minimum atomic E-state index is -0.835. The first-order valence-corrected chi connectivity index (χ1v) is 9.51. The van der Waals surface area contributed by atoms with Gasteiger partial charge < -0.3 is 9.84 Å². The van der Waals surface area contributed by atoms with E-state index in [1.54, 1.807) is 49.2 Å².